The van der Waals surface area contributed by atoms with Crippen molar-refractivity contribution in [3.05, 3.63) is 0 Å². The standard InChI is InChI=1S/C16H32N2/c1-12(2)14(5)18-11-16(8-6-7-9-16)17-10-15(18)13(3)4/h12-15,17H,6-11H2,1-5H3. The first-order valence-electron chi connectivity index (χ1n) is 7.96. The van der Waals surface area contributed by atoms with Crippen LogP contribution in [0.15, 0.2) is 0 Å². The van der Waals surface area contributed by atoms with Crippen LogP contribution in [0.25, 0.3) is 0 Å². The lowest BCUT2D eigenvalue weighted by Crippen LogP contribution is -2.66. The highest BCUT2D eigenvalue weighted by atomic mass is 15.3. The minimum Gasteiger partial charge on any atom is -0.308 e. The number of hydrogen-bond acceptors (Lipinski definition) is 2. The van der Waals surface area contributed by atoms with E-state index in [9.17, 15) is 0 Å². The van der Waals surface area contributed by atoms with Crippen LogP contribution in [0.1, 0.15) is 60.3 Å². The molecule has 1 N–H and O–H groups in total. The molecule has 0 radical (unpaired) electrons. The minimum atomic E-state index is 0.453. The Morgan fingerprint density at radius 2 is 1.67 bits per heavy atom. The molecular formula is C16H32N2. The maximum atomic E-state index is 3.91. The zero-order valence-corrected chi connectivity index (χ0v) is 13.0. The maximum absolute atomic E-state index is 3.91. The molecule has 0 aromatic carbocycles. The van der Waals surface area contributed by atoms with E-state index in [4.69, 9.17) is 0 Å². The summed E-state index contributed by atoms with van der Waals surface area (Å²) < 4.78 is 0. The lowest BCUT2D eigenvalue weighted by atomic mass is 9.86. The molecule has 1 spiro atoms. The van der Waals surface area contributed by atoms with E-state index < -0.39 is 0 Å². The number of hydrogen-bond donors (Lipinski definition) is 1. The SMILES string of the molecule is CC(C)C(C)N1CC2(CCCC2)NCC1C(C)C. The zero-order valence-electron chi connectivity index (χ0n) is 13.0. The largest absolute Gasteiger partial charge is 0.308 e. The second kappa shape index (κ2) is 5.50. The highest BCUT2D eigenvalue weighted by molar-refractivity contribution is 5.02. The first kappa shape index (κ1) is 14.3. The van der Waals surface area contributed by atoms with E-state index in [2.05, 4.69) is 44.8 Å². The van der Waals surface area contributed by atoms with Crippen LogP contribution in [0.4, 0.5) is 0 Å². The van der Waals surface area contributed by atoms with Crippen LogP contribution in [0.5, 0.6) is 0 Å². The van der Waals surface area contributed by atoms with Gasteiger partial charge in [-0.25, -0.2) is 0 Å². The molecule has 1 aliphatic carbocycles. The van der Waals surface area contributed by atoms with Crippen molar-refractivity contribution < 1.29 is 0 Å². The molecule has 0 aromatic rings. The van der Waals surface area contributed by atoms with E-state index in [0.29, 0.717) is 17.6 Å². The van der Waals surface area contributed by atoms with E-state index in [1.54, 1.807) is 0 Å². The molecule has 2 nitrogen and oxygen atoms in total. The summed E-state index contributed by atoms with van der Waals surface area (Å²) in [6, 6.07) is 1.42. The van der Waals surface area contributed by atoms with Crippen molar-refractivity contribution in [1.29, 1.82) is 0 Å². The fraction of sp³-hybridized carbons (Fsp3) is 1.00. The molecule has 1 saturated heterocycles. The van der Waals surface area contributed by atoms with Crippen molar-refractivity contribution in [2.24, 2.45) is 11.8 Å². The maximum Gasteiger partial charge on any atom is 0.0309 e. The average molecular weight is 252 g/mol. The molecule has 2 unspecified atom stereocenters. The average Bonchev–Trinajstić information content (AvgIpc) is 2.75. The Labute approximate surface area is 114 Å². The van der Waals surface area contributed by atoms with Gasteiger partial charge in [0.05, 0.1) is 0 Å². The van der Waals surface area contributed by atoms with Crippen molar-refractivity contribution in [3.63, 3.8) is 0 Å². The van der Waals surface area contributed by atoms with Crippen molar-refractivity contribution in [3.8, 4) is 0 Å². The molecule has 0 bridgehead atoms. The zero-order chi connectivity index (χ0) is 13.3. The van der Waals surface area contributed by atoms with Gasteiger partial charge >= 0.3 is 0 Å². The van der Waals surface area contributed by atoms with Crippen LogP contribution >= 0.6 is 0 Å². The first-order valence-corrected chi connectivity index (χ1v) is 7.96. The monoisotopic (exact) mass is 252 g/mol. The third-order valence-corrected chi connectivity index (χ3v) is 5.42. The molecule has 2 aliphatic rings. The molecule has 1 aliphatic heterocycles. The van der Waals surface area contributed by atoms with Gasteiger partial charge in [0, 0.05) is 30.7 Å². The van der Waals surface area contributed by atoms with Gasteiger partial charge in [-0.05, 0) is 31.6 Å². The van der Waals surface area contributed by atoms with Crippen LogP contribution in [0, 0.1) is 11.8 Å². The summed E-state index contributed by atoms with van der Waals surface area (Å²) in [5.74, 6) is 1.50. The molecule has 1 heterocycles. The smallest absolute Gasteiger partial charge is 0.0309 e. The van der Waals surface area contributed by atoms with Gasteiger partial charge in [0.1, 0.15) is 0 Å². The first-order chi connectivity index (χ1) is 8.45. The minimum absolute atomic E-state index is 0.453. The second-order valence-electron chi connectivity index (χ2n) is 7.34. The molecule has 0 amide bonds. The molecule has 2 rings (SSSR count). The van der Waals surface area contributed by atoms with Crippen LogP contribution in [0.2, 0.25) is 0 Å². The Balaban J connectivity index is 2.12. The van der Waals surface area contributed by atoms with Gasteiger partial charge < -0.3 is 5.32 Å². The predicted octanol–water partition coefficient (Wildman–Crippen LogP) is 3.27. The number of rotatable bonds is 3. The summed E-state index contributed by atoms with van der Waals surface area (Å²) in [5.41, 5.74) is 0.453. The third kappa shape index (κ3) is 2.75. The molecule has 2 fully saturated rings. The van der Waals surface area contributed by atoms with Gasteiger partial charge in [-0.2, -0.15) is 0 Å². The Morgan fingerprint density at radius 1 is 1.06 bits per heavy atom. The lowest BCUT2D eigenvalue weighted by molar-refractivity contribution is 0.0128. The summed E-state index contributed by atoms with van der Waals surface area (Å²) in [7, 11) is 0. The lowest BCUT2D eigenvalue weighted by Gasteiger charge is -2.51. The van der Waals surface area contributed by atoms with Crippen molar-refractivity contribution in [1.82, 2.24) is 10.2 Å². The van der Waals surface area contributed by atoms with Crippen LogP contribution in [0.3, 0.4) is 0 Å². The van der Waals surface area contributed by atoms with Gasteiger partial charge in [-0.15, -0.1) is 0 Å². The van der Waals surface area contributed by atoms with E-state index in [-0.39, 0.29) is 0 Å². The number of nitrogens with one attached hydrogen (secondary N) is 1. The third-order valence-electron chi connectivity index (χ3n) is 5.42. The molecule has 106 valence electrons. The van der Waals surface area contributed by atoms with Crippen molar-refractivity contribution in [2.45, 2.75) is 77.9 Å². The van der Waals surface area contributed by atoms with E-state index >= 15 is 0 Å². The van der Waals surface area contributed by atoms with Crippen molar-refractivity contribution in [2.75, 3.05) is 13.1 Å². The fourth-order valence-corrected chi connectivity index (χ4v) is 3.80. The molecular weight excluding hydrogens is 220 g/mol. The summed E-state index contributed by atoms with van der Waals surface area (Å²) in [6.45, 7) is 14.4. The van der Waals surface area contributed by atoms with E-state index in [1.165, 1.54) is 38.8 Å². The molecule has 18 heavy (non-hydrogen) atoms. The molecule has 2 heteroatoms. The summed E-state index contributed by atoms with van der Waals surface area (Å²) in [4.78, 5) is 2.82. The molecule has 2 atom stereocenters. The molecule has 0 aromatic heterocycles. The predicted molar refractivity (Wildman–Crippen MR) is 78.8 cm³/mol. The van der Waals surface area contributed by atoms with Crippen molar-refractivity contribution >= 4 is 0 Å². The van der Waals surface area contributed by atoms with Crippen LogP contribution < -0.4 is 5.32 Å². The van der Waals surface area contributed by atoms with E-state index in [1.807, 2.05) is 0 Å². The van der Waals surface area contributed by atoms with Crippen LogP contribution in [-0.2, 0) is 0 Å². The normalized spacial score (nSPS) is 30.5. The quantitative estimate of drug-likeness (QED) is 0.829. The Bertz CT molecular complexity index is 266. The van der Waals surface area contributed by atoms with Crippen LogP contribution in [-0.4, -0.2) is 35.6 Å². The highest BCUT2D eigenvalue weighted by Crippen LogP contribution is 2.35. The molecule has 1 saturated carbocycles. The summed E-state index contributed by atoms with van der Waals surface area (Å²) in [6.07, 6.45) is 5.62. The van der Waals surface area contributed by atoms with Gasteiger partial charge in [-0.3, -0.25) is 4.90 Å². The second-order valence-corrected chi connectivity index (χ2v) is 7.34. The van der Waals surface area contributed by atoms with Gasteiger partial charge in [0.15, 0.2) is 0 Å². The van der Waals surface area contributed by atoms with Gasteiger partial charge in [-0.1, -0.05) is 40.5 Å². The van der Waals surface area contributed by atoms with Gasteiger partial charge in [0.25, 0.3) is 0 Å². The fourth-order valence-electron chi connectivity index (χ4n) is 3.80. The van der Waals surface area contributed by atoms with E-state index in [0.717, 1.165) is 11.8 Å². The summed E-state index contributed by atoms with van der Waals surface area (Å²) >= 11 is 0. The number of nitrogens with zero attached hydrogens (tertiary/aromatic N) is 1. The Hall–Kier alpha value is -0.0800. The topological polar surface area (TPSA) is 15.3 Å². The Kier molecular flexibility index (Phi) is 4.38. The highest BCUT2D eigenvalue weighted by Gasteiger charge is 2.43. The summed E-state index contributed by atoms with van der Waals surface area (Å²) in [5, 5.41) is 3.91. The number of piperazine rings is 1. The van der Waals surface area contributed by atoms with Gasteiger partial charge in [0.2, 0.25) is 0 Å². The Morgan fingerprint density at radius 3 is 2.17 bits per heavy atom.